The summed E-state index contributed by atoms with van der Waals surface area (Å²) < 4.78 is 0. The lowest BCUT2D eigenvalue weighted by Crippen LogP contribution is -2.52. The molecule has 4 nitrogen and oxygen atoms in total. The molecule has 0 bridgehead atoms. The van der Waals surface area contributed by atoms with Crippen LogP contribution in [0.5, 0.6) is 0 Å². The third-order valence-electron chi connectivity index (χ3n) is 6.86. The summed E-state index contributed by atoms with van der Waals surface area (Å²) in [5, 5.41) is 0. The van der Waals surface area contributed by atoms with Gasteiger partial charge in [-0.2, -0.15) is 0 Å². The Labute approximate surface area is 176 Å². The molecular weight excluding hydrogens is 356 g/mol. The molecule has 2 aliphatic heterocycles. The molecular formula is C25H36N4. The maximum Gasteiger partial charge on any atom is 0.0543 e. The number of nitrogens with zero attached hydrogens (tertiary/aromatic N) is 4. The van der Waals surface area contributed by atoms with Crippen LogP contribution in [0.2, 0.25) is 0 Å². The molecule has 2 aliphatic rings. The summed E-state index contributed by atoms with van der Waals surface area (Å²) in [4.78, 5) is 12.5. The highest BCUT2D eigenvalue weighted by Gasteiger charge is 2.29. The highest BCUT2D eigenvalue weighted by Crippen LogP contribution is 2.23. The van der Waals surface area contributed by atoms with Crippen LogP contribution in [-0.2, 0) is 13.0 Å². The highest BCUT2D eigenvalue weighted by atomic mass is 15.2. The van der Waals surface area contributed by atoms with Crippen molar-refractivity contribution in [2.24, 2.45) is 0 Å². The number of pyridine rings is 1. The lowest BCUT2D eigenvalue weighted by molar-refractivity contribution is 0.0526. The largest absolute Gasteiger partial charge is 0.301 e. The van der Waals surface area contributed by atoms with E-state index < -0.39 is 0 Å². The first kappa shape index (κ1) is 20.5. The minimum absolute atomic E-state index is 0.715. The highest BCUT2D eigenvalue weighted by molar-refractivity contribution is 5.15. The van der Waals surface area contributed by atoms with Crippen molar-refractivity contribution in [1.29, 1.82) is 0 Å². The van der Waals surface area contributed by atoms with Gasteiger partial charge in [0.25, 0.3) is 0 Å². The van der Waals surface area contributed by atoms with Crippen LogP contribution in [0.1, 0.15) is 36.9 Å². The van der Waals surface area contributed by atoms with Crippen LogP contribution in [0.3, 0.4) is 0 Å². The van der Waals surface area contributed by atoms with Crippen molar-refractivity contribution in [3.63, 3.8) is 0 Å². The average Bonchev–Trinajstić information content (AvgIpc) is 2.79. The number of rotatable bonds is 7. The van der Waals surface area contributed by atoms with Crippen LogP contribution in [0, 0.1) is 0 Å². The topological polar surface area (TPSA) is 22.6 Å². The smallest absolute Gasteiger partial charge is 0.0543 e. The number of piperidine rings is 2. The number of aromatic nitrogens is 1. The molecule has 1 aromatic heterocycles. The van der Waals surface area contributed by atoms with Gasteiger partial charge in [0.1, 0.15) is 0 Å². The van der Waals surface area contributed by atoms with Crippen molar-refractivity contribution in [3.8, 4) is 0 Å². The minimum atomic E-state index is 0.715. The van der Waals surface area contributed by atoms with E-state index in [2.05, 4.69) is 69.2 Å². The van der Waals surface area contributed by atoms with E-state index in [1.165, 1.54) is 76.1 Å². The van der Waals surface area contributed by atoms with E-state index in [1.807, 2.05) is 12.3 Å². The summed E-state index contributed by atoms with van der Waals surface area (Å²) in [6.45, 7) is 7.06. The third kappa shape index (κ3) is 5.88. The van der Waals surface area contributed by atoms with Crippen molar-refractivity contribution < 1.29 is 0 Å². The molecule has 1 atom stereocenters. The van der Waals surface area contributed by atoms with Crippen LogP contribution >= 0.6 is 0 Å². The van der Waals surface area contributed by atoms with Crippen molar-refractivity contribution in [3.05, 3.63) is 66.0 Å². The van der Waals surface area contributed by atoms with E-state index in [4.69, 9.17) is 0 Å². The molecule has 0 unspecified atom stereocenters. The number of hydrogen-bond donors (Lipinski definition) is 0. The molecule has 2 saturated heterocycles. The first-order valence-electron chi connectivity index (χ1n) is 11.4. The van der Waals surface area contributed by atoms with E-state index in [-0.39, 0.29) is 0 Å². The summed E-state index contributed by atoms with van der Waals surface area (Å²) in [7, 11) is 2.38. The second-order valence-electron chi connectivity index (χ2n) is 8.83. The first-order chi connectivity index (χ1) is 14.3. The van der Waals surface area contributed by atoms with Gasteiger partial charge >= 0.3 is 0 Å². The zero-order valence-corrected chi connectivity index (χ0v) is 17.9. The maximum atomic E-state index is 4.49. The summed E-state index contributed by atoms with van der Waals surface area (Å²) in [6, 6.07) is 18.6. The molecule has 156 valence electrons. The number of hydrogen-bond acceptors (Lipinski definition) is 4. The Balaban J connectivity index is 1.22. The predicted octanol–water partition coefficient (Wildman–Crippen LogP) is 3.68. The van der Waals surface area contributed by atoms with Gasteiger partial charge < -0.3 is 4.90 Å². The van der Waals surface area contributed by atoms with Crippen LogP contribution in [0.4, 0.5) is 0 Å². The second-order valence-corrected chi connectivity index (χ2v) is 8.83. The summed E-state index contributed by atoms with van der Waals surface area (Å²) in [5.41, 5.74) is 2.66. The molecule has 0 N–H and O–H groups in total. The Hall–Kier alpha value is -1.75. The molecule has 0 spiro atoms. The SMILES string of the molecule is CN(C1CCN(Cc2ccccn2)CC1)[C@H]1CCCN(CCc2ccccc2)C1. The van der Waals surface area contributed by atoms with Crippen LogP contribution in [0.25, 0.3) is 0 Å². The Morgan fingerprint density at radius 2 is 1.69 bits per heavy atom. The molecule has 0 radical (unpaired) electrons. The molecule has 29 heavy (non-hydrogen) atoms. The first-order valence-corrected chi connectivity index (χ1v) is 11.4. The zero-order valence-electron chi connectivity index (χ0n) is 17.9. The molecule has 2 fully saturated rings. The monoisotopic (exact) mass is 392 g/mol. The quantitative estimate of drug-likeness (QED) is 0.717. The van der Waals surface area contributed by atoms with Crippen molar-refractivity contribution in [1.82, 2.24) is 19.7 Å². The van der Waals surface area contributed by atoms with Gasteiger partial charge in [0, 0.05) is 51.0 Å². The number of likely N-dealkylation sites (N-methyl/N-ethyl adjacent to an activating group) is 1. The summed E-state index contributed by atoms with van der Waals surface area (Å²) in [6.07, 6.45) is 8.33. The fraction of sp³-hybridized carbons (Fsp3) is 0.560. The van der Waals surface area contributed by atoms with Crippen molar-refractivity contribution in [2.45, 2.75) is 50.7 Å². The van der Waals surface area contributed by atoms with Gasteiger partial charge in [0.2, 0.25) is 0 Å². The Morgan fingerprint density at radius 1 is 0.897 bits per heavy atom. The normalized spacial score (nSPS) is 22.2. The average molecular weight is 393 g/mol. The van der Waals surface area contributed by atoms with Gasteiger partial charge in [-0.3, -0.25) is 14.8 Å². The molecule has 4 rings (SSSR count). The minimum Gasteiger partial charge on any atom is -0.301 e. The maximum absolute atomic E-state index is 4.49. The van der Waals surface area contributed by atoms with E-state index in [9.17, 15) is 0 Å². The van der Waals surface area contributed by atoms with Crippen molar-refractivity contribution >= 4 is 0 Å². The predicted molar refractivity (Wildman–Crippen MR) is 120 cm³/mol. The molecule has 0 amide bonds. The van der Waals surface area contributed by atoms with Gasteiger partial charge in [-0.25, -0.2) is 0 Å². The van der Waals surface area contributed by atoms with Crippen LogP contribution in [0.15, 0.2) is 54.7 Å². The fourth-order valence-electron chi connectivity index (χ4n) is 5.00. The van der Waals surface area contributed by atoms with Gasteiger partial charge in [-0.15, -0.1) is 0 Å². The molecule has 4 heteroatoms. The third-order valence-corrected chi connectivity index (χ3v) is 6.86. The zero-order chi connectivity index (χ0) is 19.9. The molecule has 0 saturated carbocycles. The molecule has 3 heterocycles. The number of benzene rings is 1. The van der Waals surface area contributed by atoms with E-state index in [1.54, 1.807) is 0 Å². The second kappa shape index (κ2) is 10.3. The van der Waals surface area contributed by atoms with Gasteiger partial charge in [-0.05, 0) is 63.4 Å². The summed E-state index contributed by atoms with van der Waals surface area (Å²) >= 11 is 0. The lowest BCUT2D eigenvalue weighted by Gasteiger charge is -2.44. The molecule has 0 aliphatic carbocycles. The summed E-state index contributed by atoms with van der Waals surface area (Å²) in [5.74, 6) is 0. The van der Waals surface area contributed by atoms with E-state index in [0.717, 1.165) is 12.6 Å². The van der Waals surface area contributed by atoms with E-state index >= 15 is 0 Å². The van der Waals surface area contributed by atoms with E-state index in [0.29, 0.717) is 6.04 Å². The van der Waals surface area contributed by atoms with Gasteiger partial charge in [0.05, 0.1) is 5.69 Å². The van der Waals surface area contributed by atoms with Crippen LogP contribution < -0.4 is 0 Å². The fourth-order valence-corrected chi connectivity index (χ4v) is 5.00. The standard InChI is InChI=1S/C25H36N4/c1-27(24-13-18-29(19-14-24)20-23-10-5-6-15-26-23)25-11-7-16-28(21-25)17-12-22-8-3-2-4-9-22/h2-6,8-10,15,24-25H,7,11-14,16-21H2,1H3/t25-/m0/s1. The Bertz CT molecular complexity index is 712. The lowest BCUT2D eigenvalue weighted by atomic mass is 9.97. The van der Waals surface area contributed by atoms with Crippen LogP contribution in [-0.4, -0.2) is 71.5 Å². The number of likely N-dealkylation sites (tertiary alicyclic amines) is 2. The van der Waals surface area contributed by atoms with Crippen molar-refractivity contribution in [2.75, 3.05) is 39.8 Å². The van der Waals surface area contributed by atoms with Gasteiger partial charge in [0.15, 0.2) is 0 Å². The molecule has 2 aromatic rings. The Morgan fingerprint density at radius 3 is 2.45 bits per heavy atom. The Kier molecular flexibility index (Phi) is 7.31. The van der Waals surface area contributed by atoms with Gasteiger partial charge in [-0.1, -0.05) is 36.4 Å². The molecule has 1 aromatic carbocycles.